The summed E-state index contributed by atoms with van der Waals surface area (Å²) in [6.45, 7) is 1.43. The molecule has 2 aliphatic heterocycles. The van der Waals surface area contributed by atoms with Gasteiger partial charge < -0.3 is 19.9 Å². The lowest BCUT2D eigenvalue weighted by Crippen LogP contribution is -2.41. The van der Waals surface area contributed by atoms with Crippen LogP contribution in [0, 0.1) is 17.2 Å². The van der Waals surface area contributed by atoms with Gasteiger partial charge in [0.1, 0.15) is 6.10 Å². The van der Waals surface area contributed by atoms with Crippen LogP contribution in [0.2, 0.25) is 0 Å². The normalized spacial score (nSPS) is 23.0. The Morgan fingerprint density at radius 3 is 2.55 bits per heavy atom. The Balaban J connectivity index is 1.47. The average Bonchev–Trinajstić information content (AvgIpc) is 3.27. The molecule has 148 valence electrons. The maximum Gasteiger partial charge on any atom is 0.321 e. The molecule has 0 bridgehead atoms. The van der Waals surface area contributed by atoms with Crippen molar-refractivity contribution in [2.45, 2.75) is 18.7 Å². The van der Waals surface area contributed by atoms with Crippen LogP contribution in [-0.2, 0) is 16.1 Å². The number of nitrogens with one attached hydrogen (secondary N) is 1. The van der Waals surface area contributed by atoms with Crippen LogP contribution in [0.4, 0.5) is 10.5 Å². The maximum atomic E-state index is 12.8. The number of fused-ring (bicyclic) bond motifs is 1. The van der Waals surface area contributed by atoms with Crippen LogP contribution in [0.15, 0.2) is 54.6 Å². The number of benzene rings is 2. The predicted octanol–water partition coefficient (Wildman–Crippen LogP) is 2.45. The largest absolute Gasteiger partial charge is 0.371 e. The first kappa shape index (κ1) is 19.0. The molecule has 2 saturated heterocycles. The molecule has 2 aromatic rings. The molecule has 4 rings (SSSR count). The summed E-state index contributed by atoms with van der Waals surface area (Å²) in [6.07, 6.45) is -0.531. The van der Waals surface area contributed by atoms with Gasteiger partial charge in [0, 0.05) is 38.3 Å². The number of carbonyl (C=O) groups is 2. The van der Waals surface area contributed by atoms with E-state index < -0.39 is 6.10 Å². The second-order valence-corrected chi connectivity index (χ2v) is 7.36. The molecule has 2 aromatic carbocycles. The van der Waals surface area contributed by atoms with Crippen molar-refractivity contribution in [1.29, 1.82) is 5.26 Å². The minimum Gasteiger partial charge on any atom is -0.371 e. The topological polar surface area (TPSA) is 85.7 Å². The third kappa shape index (κ3) is 3.67. The van der Waals surface area contributed by atoms with Crippen LogP contribution in [-0.4, -0.2) is 54.1 Å². The highest BCUT2D eigenvalue weighted by Crippen LogP contribution is 2.35. The van der Waals surface area contributed by atoms with Crippen LogP contribution in [0.25, 0.3) is 0 Å². The van der Waals surface area contributed by atoms with E-state index in [9.17, 15) is 9.59 Å². The number of methoxy groups -OCH3 is 1. The van der Waals surface area contributed by atoms with E-state index in [1.165, 1.54) is 0 Å². The molecule has 29 heavy (non-hydrogen) atoms. The zero-order valence-electron chi connectivity index (χ0n) is 16.1. The van der Waals surface area contributed by atoms with Crippen molar-refractivity contribution in [2.24, 2.45) is 5.92 Å². The zero-order chi connectivity index (χ0) is 20.4. The second kappa shape index (κ2) is 7.94. The van der Waals surface area contributed by atoms with E-state index in [0.717, 1.165) is 5.56 Å². The minimum atomic E-state index is -0.531. The Hall–Kier alpha value is -3.37. The maximum absolute atomic E-state index is 12.8. The lowest BCUT2D eigenvalue weighted by molar-refractivity contribution is -0.138. The Labute approximate surface area is 169 Å². The number of nitriles is 1. The van der Waals surface area contributed by atoms with E-state index in [-0.39, 0.29) is 23.9 Å². The van der Waals surface area contributed by atoms with Crippen LogP contribution in [0.1, 0.15) is 11.1 Å². The van der Waals surface area contributed by atoms with Crippen molar-refractivity contribution in [3.63, 3.8) is 0 Å². The monoisotopic (exact) mass is 390 g/mol. The quantitative estimate of drug-likeness (QED) is 0.869. The first-order valence-electron chi connectivity index (χ1n) is 9.54. The lowest BCUT2D eigenvalue weighted by atomic mass is 10.0. The van der Waals surface area contributed by atoms with Crippen LogP contribution in [0.5, 0.6) is 0 Å². The Bertz CT molecular complexity index is 939. The fourth-order valence-electron chi connectivity index (χ4n) is 4.20. The van der Waals surface area contributed by atoms with Gasteiger partial charge in [0.15, 0.2) is 0 Å². The SMILES string of the molecule is CO[C@@H]1C(=O)N(Cc2ccccc2)[C@@H]2CN(C(=O)Nc3ccc(C#N)cc3)C[C@H]12. The van der Waals surface area contributed by atoms with Gasteiger partial charge in [-0.05, 0) is 29.8 Å². The van der Waals surface area contributed by atoms with Crippen molar-refractivity contribution in [2.75, 3.05) is 25.5 Å². The molecule has 0 spiro atoms. The Morgan fingerprint density at radius 2 is 1.90 bits per heavy atom. The van der Waals surface area contributed by atoms with Gasteiger partial charge in [0.25, 0.3) is 5.91 Å². The number of urea groups is 1. The summed E-state index contributed by atoms with van der Waals surface area (Å²) < 4.78 is 5.50. The number of carbonyl (C=O) groups excluding carboxylic acids is 2. The summed E-state index contributed by atoms with van der Waals surface area (Å²) in [7, 11) is 1.55. The minimum absolute atomic E-state index is 0.0153. The predicted molar refractivity (Wildman–Crippen MR) is 107 cm³/mol. The molecule has 0 aliphatic carbocycles. The van der Waals surface area contributed by atoms with E-state index in [0.29, 0.717) is 30.9 Å². The molecule has 7 nitrogen and oxygen atoms in total. The molecule has 2 heterocycles. The van der Waals surface area contributed by atoms with Crippen molar-refractivity contribution in [3.8, 4) is 6.07 Å². The van der Waals surface area contributed by atoms with Crippen molar-refractivity contribution in [3.05, 3.63) is 65.7 Å². The number of nitrogens with zero attached hydrogens (tertiary/aromatic N) is 3. The molecular weight excluding hydrogens is 368 g/mol. The molecule has 1 N–H and O–H groups in total. The van der Waals surface area contributed by atoms with Gasteiger partial charge in [0.05, 0.1) is 17.7 Å². The standard InChI is InChI=1S/C22H22N4O3/c1-29-20-18-13-25(22(28)24-17-9-7-15(11-23)8-10-17)14-19(18)26(21(20)27)12-16-5-3-2-4-6-16/h2-10,18-20H,12-14H2,1H3,(H,24,28)/t18-,19+,20-/m0/s1. The number of likely N-dealkylation sites (tertiary alicyclic amines) is 2. The lowest BCUT2D eigenvalue weighted by Gasteiger charge is -2.25. The molecule has 0 unspecified atom stereocenters. The fourth-order valence-corrected chi connectivity index (χ4v) is 4.20. The number of anilines is 1. The Morgan fingerprint density at radius 1 is 1.17 bits per heavy atom. The smallest absolute Gasteiger partial charge is 0.321 e. The van der Waals surface area contributed by atoms with Gasteiger partial charge in [-0.25, -0.2) is 4.79 Å². The third-order valence-electron chi connectivity index (χ3n) is 5.65. The molecule has 0 saturated carbocycles. The first-order valence-corrected chi connectivity index (χ1v) is 9.54. The molecule has 0 aromatic heterocycles. The van der Waals surface area contributed by atoms with Gasteiger partial charge in [-0.1, -0.05) is 30.3 Å². The number of hydrogen-bond donors (Lipinski definition) is 1. The van der Waals surface area contributed by atoms with Crippen LogP contribution < -0.4 is 5.32 Å². The summed E-state index contributed by atoms with van der Waals surface area (Å²) in [6, 6.07) is 18.3. The van der Waals surface area contributed by atoms with E-state index in [1.807, 2.05) is 35.2 Å². The summed E-state index contributed by atoms with van der Waals surface area (Å²) in [4.78, 5) is 29.1. The summed E-state index contributed by atoms with van der Waals surface area (Å²) >= 11 is 0. The molecule has 7 heteroatoms. The molecule has 2 fully saturated rings. The number of amides is 3. The highest BCUT2D eigenvalue weighted by atomic mass is 16.5. The Kier molecular flexibility index (Phi) is 5.19. The van der Waals surface area contributed by atoms with Gasteiger partial charge in [-0.2, -0.15) is 5.26 Å². The van der Waals surface area contributed by atoms with Gasteiger partial charge in [-0.15, -0.1) is 0 Å². The second-order valence-electron chi connectivity index (χ2n) is 7.36. The summed E-state index contributed by atoms with van der Waals surface area (Å²) in [5.41, 5.74) is 2.22. The summed E-state index contributed by atoms with van der Waals surface area (Å²) in [5, 5.41) is 11.8. The molecule has 3 atom stereocenters. The highest BCUT2D eigenvalue weighted by Gasteiger charge is 2.53. The number of ether oxygens (including phenoxy) is 1. The highest BCUT2D eigenvalue weighted by molar-refractivity contribution is 5.90. The zero-order valence-corrected chi connectivity index (χ0v) is 16.1. The fraction of sp³-hybridized carbons (Fsp3) is 0.318. The number of hydrogen-bond acceptors (Lipinski definition) is 4. The van der Waals surface area contributed by atoms with Gasteiger partial charge in [-0.3, -0.25) is 4.79 Å². The third-order valence-corrected chi connectivity index (χ3v) is 5.65. The summed E-state index contributed by atoms with van der Waals surface area (Å²) in [5.74, 6) is -0.0681. The first-order chi connectivity index (χ1) is 14.1. The van der Waals surface area contributed by atoms with Crippen molar-refractivity contribution >= 4 is 17.6 Å². The number of rotatable bonds is 4. The van der Waals surface area contributed by atoms with Gasteiger partial charge in [0.2, 0.25) is 0 Å². The van der Waals surface area contributed by atoms with Gasteiger partial charge >= 0.3 is 6.03 Å². The molecular formula is C22H22N4O3. The molecule has 3 amide bonds. The van der Waals surface area contributed by atoms with E-state index in [2.05, 4.69) is 11.4 Å². The van der Waals surface area contributed by atoms with E-state index in [1.54, 1.807) is 36.3 Å². The molecule has 0 radical (unpaired) electrons. The van der Waals surface area contributed by atoms with E-state index in [4.69, 9.17) is 10.00 Å². The van der Waals surface area contributed by atoms with Crippen LogP contribution >= 0.6 is 0 Å². The average molecular weight is 390 g/mol. The van der Waals surface area contributed by atoms with E-state index >= 15 is 0 Å². The molecule has 2 aliphatic rings. The van der Waals surface area contributed by atoms with Crippen molar-refractivity contribution in [1.82, 2.24) is 9.80 Å². The van der Waals surface area contributed by atoms with Crippen LogP contribution in [0.3, 0.4) is 0 Å². The van der Waals surface area contributed by atoms with Crippen molar-refractivity contribution < 1.29 is 14.3 Å².